The van der Waals surface area contributed by atoms with E-state index in [0.29, 0.717) is 0 Å². The second-order valence-electron chi connectivity index (χ2n) is 2.10. The highest BCUT2D eigenvalue weighted by Crippen LogP contribution is 2.14. The molecular weight excluding hydrogens is 136 g/mol. The van der Waals surface area contributed by atoms with Gasteiger partial charge in [0.05, 0.1) is 12.4 Å². The van der Waals surface area contributed by atoms with Crippen LogP contribution >= 0.6 is 11.6 Å². The van der Waals surface area contributed by atoms with Crippen LogP contribution in [0.4, 0.5) is 0 Å². The third-order valence-corrected chi connectivity index (χ3v) is 1.60. The number of ether oxygens (including phenoxy) is 1. The minimum atomic E-state index is 0.737. The van der Waals surface area contributed by atoms with E-state index < -0.39 is 0 Å². The van der Waals surface area contributed by atoms with Crippen LogP contribution in [-0.4, -0.2) is 12.5 Å². The van der Waals surface area contributed by atoms with Gasteiger partial charge in [0.25, 0.3) is 0 Å². The molecule has 0 spiro atoms. The standard InChI is InChI=1S/C7H11ClO/c8-5-1-3-7-4-2-6-9-7/h4H,1-3,5-6H2. The normalized spacial score (nSPS) is 17.2. The zero-order valence-corrected chi connectivity index (χ0v) is 6.16. The van der Waals surface area contributed by atoms with Gasteiger partial charge in [0.2, 0.25) is 0 Å². The molecule has 1 nitrogen and oxygen atoms in total. The van der Waals surface area contributed by atoms with Crippen LogP contribution in [0.25, 0.3) is 0 Å². The molecule has 0 fully saturated rings. The van der Waals surface area contributed by atoms with Crippen molar-refractivity contribution in [3.05, 3.63) is 11.8 Å². The summed E-state index contributed by atoms with van der Waals surface area (Å²) in [5, 5.41) is 0. The molecule has 0 aromatic rings. The number of hydrogen-bond donors (Lipinski definition) is 0. The predicted octanol–water partition coefficient (Wildman–Crippen LogP) is 2.31. The summed E-state index contributed by atoms with van der Waals surface area (Å²) in [5.74, 6) is 1.87. The maximum atomic E-state index is 5.50. The van der Waals surface area contributed by atoms with Crippen molar-refractivity contribution in [3.63, 3.8) is 0 Å². The lowest BCUT2D eigenvalue weighted by atomic mass is 10.3. The van der Waals surface area contributed by atoms with Crippen molar-refractivity contribution in [3.8, 4) is 0 Å². The first kappa shape index (κ1) is 6.94. The fraction of sp³-hybridized carbons (Fsp3) is 0.714. The van der Waals surface area contributed by atoms with E-state index in [9.17, 15) is 0 Å². The Morgan fingerprint density at radius 1 is 1.67 bits per heavy atom. The van der Waals surface area contributed by atoms with E-state index in [1.165, 1.54) is 0 Å². The molecule has 0 saturated heterocycles. The van der Waals surface area contributed by atoms with Crippen LogP contribution in [0, 0.1) is 0 Å². The maximum Gasteiger partial charge on any atom is 0.0921 e. The first-order chi connectivity index (χ1) is 4.43. The highest BCUT2D eigenvalue weighted by molar-refractivity contribution is 6.17. The van der Waals surface area contributed by atoms with Crippen LogP contribution in [0.2, 0.25) is 0 Å². The third-order valence-electron chi connectivity index (χ3n) is 1.33. The number of halogens is 1. The Morgan fingerprint density at radius 3 is 3.11 bits per heavy atom. The lowest BCUT2D eigenvalue weighted by molar-refractivity contribution is 0.234. The van der Waals surface area contributed by atoms with Gasteiger partial charge in [-0.05, 0) is 12.5 Å². The molecule has 9 heavy (non-hydrogen) atoms. The fourth-order valence-electron chi connectivity index (χ4n) is 0.884. The zero-order valence-electron chi connectivity index (χ0n) is 5.40. The molecule has 0 unspecified atom stereocenters. The molecule has 2 heteroatoms. The van der Waals surface area contributed by atoms with E-state index in [1.807, 2.05) is 0 Å². The van der Waals surface area contributed by atoms with Crippen LogP contribution in [0.5, 0.6) is 0 Å². The smallest absolute Gasteiger partial charge is 0.0921 e. The van der Waals surface area contributed by atoms with Crippen molar-refractivity contribution in [1.29, 1.82) is 0 Å². The van der Waals surface area contributed by atoms with E-state index in [0.717, 1.165) is 37.5 Å². The molecule has 52 valence electrons. The van der Waals surface area contributed by atoms with Crippen molar-refractivity contribution in [2.75, 3.05) is 12.5 Å². The molecule has 0 N–H and O–H groups in total. The summed E-state index contributed by atoms with van der Waals surface area (Å²) in [4.78, 5) is 0. The molecule has 0 aliphatic carbocycles. The largest absolute Gasteiger partial charge is 0.498 e. The molecule has 0 aromatic carbocycles. The number of alkyl halides is 1. The highest BCUT2D eigenvalue weighted by atomic mass is 35.5. The van der Waals surface area contributed by atoms with Crippen LogP contribution < -0.4 is 0 Å². The Balaban J connectivity index is 2.11. The summed E-state index contributed by atoms with van der Waals surface area (Å²) in [6.45, 7) is 0.873. The number of rotatable bonds is 3. The Morgan fingerprint density at radius 2 is 2.56 bits per heavy atom. The van der Waals surface area contributed by atoms with Gasteiger partial charge in [-0.25, -0.2) is 0 Å². The second-order valence-corrected chi connectivity index (χ2v) is 2.48. The number of allylic oxidation sites excluding steroid dienone is 1. The zero-order chi connectivity index (χ0) is 6.53. The molecule has 0 atom stereocenters. The lowest BCUT2D eigenvalue weighted by Crippen LogP contribution is -1.85. The Kier molecular flexibility index (Phi) is 2.92. The predicted molar refractivity (Wildman–Crippen MR) is 38.6 cm³/mol. The molecule has 0 aromatic heterocycles. The molecule has 1 aliphatic rings. The first-order valence-electron chi connectivity index (χ1n) is 3.31. The maximum absolute atomic E-state index is 5.50. The van der Waals surface area contributed by atoms with Gasteiger partial charge in [-0.3, -0.25) is 0 Å². The molecular formula is C7H11ClO. The summed E-state index contributed by atoms with van der Waals surface area (Å²) in [7, 11) is 0. The lowest BCUT2D eigenvalue weighted by Gasteiger charge is -1.99. The van der Waals surface area contributed by atoms with Gasteiger partial charge >= 0.3 is 0 Å². The average molecular weight is 147 g/mol. The average Bonchev–Trinajstić information content (AvgIpc) is 2.34. The van der Waals surface area contributed by atoms with Crippen LogP contribution in [-0.2, 0) is 4.74 Å². The fourth-order valence-corrected chi connectivity index (χ4v) is 1.02. The Hall–Kier alpha value is -0.170. The van der Waals surface area contributed by atoms with Gasteiger partial charge in [0.1, 0.15) is 0 Å². The molecule has 1 rings (SSSR count). The van der Waals surface area contributed by atoms with Gasteiger partial charge in [-0.15, -0.1) is 11.6 Å². The summed E-state index contributed by atoms with van der Waals surface area (Å²) in [6, 6.07) is 0. The van der Waals surface area contributed by atoms with Crippen molar-refractivity contribution in [1.82, 2.24) is 0 Å². The van der Waals surface area contributed by atoms with Gasteiger partial charge in [0.15, 0.2) is 0 Å². The van der Waals surface area contributed by atoms with Gasteiger partial charge in [-0.1, -0.05) is 0 Å². The van der Waals surface area contributed by atoms with Crippen LogP contribution in [0.3, 0.4) is 0 Å². The van der Waals surface area contributed by atoms with E-state index >= 15 is 0 Å². The third kappa shape index (κ3) is 2.27. The van der Waals surface area contributed by atoms with E-state index in [2.05, 4.69) is 6.08 Å². The summed E-state index contributed by atoms with van der Waals surface area (Å²) < 4.78 is 5.26. The highest BCUT2D eigenvalue weighted by Gasteiger charge is 2.02. The summed E-state index contributed by atoms with van der Waals surface area (Å²) >= 11 is 5.50. The summed E-state index contributed by atoms with van der Waals surface area (Å²) in [6.07, 6.45) is 5.28. The topological polar surface area (TPSA) is 9.23 Å². The van der Waals surface area contributed by atoms with Gasteiger partial charge in [0, 0.05) is 18.7 Å². The minimum Gasteiger partial charge on any atom is -0.498 e. The first-order valence-corrected chi connectivity index (χ1v) is 3.85. The Bertz CT molecular complexity index is 109. The van der Waals surface area contributed by atoms with Crippen molar-refractivity contribution < 1.29 is 4.74 Å². The van der Waals surface area contributed by atoms with Crippen LogP contribution in [0.15, 0.2) is 11.8 Å². The summed E-state index contributed by atoms with van der Waals surface area (Å²) in [5.41, 5.74) is 0. The number of hydrogen-bond acceptors (Lipinski definition) is 1. The molecule has 0 bridgehead atoms. The van der Waals surface area contributed by atoms with E-state index in [-0.39, 0.29) is 0 Å². The van der Waals surface area contributed by atoms with Gasteiger partial charge in [-0.2, -0.15) is 0 Å². The second kappa shape index (κ2) is 3.78. The molecule has 1 heterocycles. The van der Waals surface area contributed by atoms with E-state index in [1.54, 1.807) is 0 Å². The molecule has 0 radical (unpaired) electrons. The van der Waals surface area contributed by atoms with Crippen molar-refractivity contribution in [2.24, 2.45) is 0 Å². The monoisotopic (exact) mass is 146 g/mol. The van der Waals surface area contributed by atoms with Crippen molar-refractivity contribution >= 4 is 11.6 Å². The quantitative estimate of drug-likeness (QED) is 0.556. The molecule has 0 amide bonds. The minimum absolute atomic E-state index is 0.737. The molecule has 1 aliphatic heterocycles. The van der Waals surface area contributed by atoms with E-state index in [4.69, 9.17) is 16.3 Å². The SMILES string of the molecule is ClCCCC1=CCCO1. The van der Waals surface area contributed by atoms with Crippen LogP contribution in [0.1, 0.15) is 19.3 Å². The van der Waals surface area contributed by atoms with Crippen molar-refractivity contribution in [2.45, 2.75) is 19.3 Å². The molecule has 0 saturated carbocycles. The Labute approximate surface area is 60.7 Å². The van der Waals surface area contributed by atoms with Gasteiger partial charge < -0.3 is 4.74 Å².